The fraction of sp³-hybridized carbons (Fsp3) is 0.167. The first-order chi connectivity index (χ1) is 16.0. The van der Waals surface area contributed by atoms with E-state index in [0.29, 0.717) is 39.8 Å². The minimum Gasteiger partial charge on any atom is -0.493 e. The average Bonchev–Trinajstić information content (AvgIpc) is 3.30. The number of hydrogen-bond donors (Lipinski definition) is 1. The molecule has 0 aliphatic rings. The van der Waals surface area contributed by atoms with E-state index in [1.165, 1.54) is 23.5 Å². The molecule has 9 heteroatoms. The number of amides is 1. The van der Waals surface area contributed by atoms with Crippen LogP contribution in [0.1, 0.15) is 10.4 Å². The largest absolute Gasteiger partial charge is 0.493 e. The molecule has 0 radical (unpaired) electrons. The summed E-state index contributed by atoms with van der Waals surface area (Å²) in [7, 11) is 3.12. The van der Waals surface area contributed by atoms with Crippen LogP contribution in [0.4, 0.5) is 5.69 Å². The Kier molecular flexibility index (Phi) is 7.78. The van der Waals surface area contributed by atoms with Crippen molar-refractivity contribution in [1.82, 2.24) is 5.32 Å². The molecule has 168 valence electrons. The molecule has 1 aromatic heterocycles. The Balaban J connectivity index is 1.67. The van der Waals surface area contributed by atoms with Crippen molar-refractivity contribution >= 4 is 29.0 Å². The molecule has 3 rings (SSSR count). The van der Waals surface area contributed by atoms with E-state index in [2.05, 4.69) is 5.32 Å². The zero-order chi connectivity index (χ0) is 23.8. The highest BCUT2D eigenvalue weighted by molar-refractivity contribution is 7.16. The van der Waals surface area contributed by atoms with Gasteiger partial charge in [-0.2, -0.15) is 5.26 Å². The lowest BCUT2D eigenvalue weighted by atomic mass is 10.1. The Hall–Kier alpha value is -4.16. The number of nitriles is 1. The van der Waals surface area contributed by atoms with Crippen LogP contribution in [0.25, 0.3) is 16.5 Å². The Morgan fingerprint density at radius 1 is 1.15 bits per heavy atom. The van der Waals surface area contributed by atoms with E-state index in [0.717, 1.165) is 5.56 Å². The summed E-state index contributed by atoms with van der Waals surface area (Å²) in [5.41, 5.74) is 1.40. The van der Waals surface area contributed by atoms with Crippen LogP contribution < -0.4 is 14.8 Å². The van der Waals surface area contributed by atoms with Gasteiger partial charge in [0.1, 0.15) is 11.6 Å². The van der Waals surface area contributed by atoms with Crippen LogP contribution in [0.15, 0.2) is 60.2 Å². The third-order valence-corrected chi connectivity index (χ3v) is 5.86. The SMILES string of the molecule is COc1ccc(CCNC(=O)/C(C#N)=C/c2ccc(-c3ccccc3[N+](=O)[O-])s2)cc1OC. The standard InChI is InChI=1S/C24H21N3O5S/c1-31-21-9-7-16(13-22(21)32-2)11-12-26-24(28)17(15-25)14-18-8-10-23(33-18)19-5-3-4-6-20(19)27(29)30/h3-10,13-14H,11-12H2,1-2H3,(H,26,28)/b17-14+. The summed E-state index contributed by atoms with van der Waals surface area (Å²) in [6.07, 6.45) is 2.03. The van der Waals surface area contributed by atoms with Crippen molar-refractivity contribution in [2.75, 3.05) is 20.8 Å². The maximum atomic E-state index is 12.5. The molecule has 3 aromatic rings. The first kappa shape index (κ1) is 23.5. The van der Waals surface area contributed by atoms with Crippen molar-refractivity contribution in [3.63, 3.8) is 0 Å². The number of methoxy groups -OCH3 is 2. The van der Waals surface area contributed by atoms with Gasteiger partial charge < -0.3 is 14.8 Å². The molecule has 0 aliphatic carbocycles. The molecule has 0 atom stereocenters. The molecule has 0 fully saturated rings. The van der Waals surface area contributed by atoms with Crippen LogP contribution in [0.2, 0.25) is 0 Å². The second-order valence-corrected chi connectivity index (χ2v) is 7.96. The van der Waals surface area contributed by atoms with Gasteiger partial charge in [0.25, 0.3) is 11.6 Å². The molecule has 0 bridgehead atoms. The lowest BCUT2D eigenvalue weighted by Crippen LogP contribution is -2.26. The number of nitro benzene ring substituents is 1. The zero-order valence-electron chi connectivity index (χ0n) is 18.0. The van der Waals surface area contributed by atoms with Gasteiger partial charge in [-0.1, -0.05) is 18.2 Å². The second kappa shape index (κ2) is 10.9. The lowest BCUT2D eigenvalue weighted by molar-refractivity contribution is -0.384. The van der Waals surface area contributed by atoms with Crippen LogP contribution >= 0.6 is 11.3 Å². The third kappa shape index (κ3) is 5.75. The number of rotatable bonds is 9. The molecule has 0 spiro atoms. The van der Waals surface area contributed by atoms with Gasteiger partial charge in [-0.05, 0) is 48.4 Å². The minimum atomic E-state index is -0.487. The lowest BCUT2D eigenvalue weighted by Gasteiger charge is -2.10. The van der Waals surface area contributed by atoms with Crippen LogP contribution in [0.5, 0.6) is 11.5 Å². The molecule has 1 amide bonds. The van der Waals surface area contributed by atoms with Crippen LogP contribution in [0.3, 0.4) is 0 Å². The monoisotopic (exact) mass is 463 g/mol. The Bertz CT molecular complexity index is 1240. The number of benzene rings is 2. The van der Waals surface area contributed by atoms with Crippen LogP contribution in [-0.4, -0.2) is 31.6 Å². The van der Waals surface area contributed by atoms with E-state index in [-0.39, 0.29) is 11.3 Å². The normalized spacial score (nSPS) is 10.9. The van der Waals surface area contributed by atoms with E-state index >= 15 is 0 Å². The van der Waals surface area contributed by atoms with Gasteiger partial charge in [0.2, 0.25) is 0 Å². The van der Waals surface area contributed by atoms with Gasteiger partial charge in [0.15, 0.2) is 11.5 Å². The summed E-state index contributed by atoms with van der Waals surface area (Å²) in [5, 5.41) is 23.5. The predicted octanol–water partition coefficient (Wildman–Crippen LogP) is 4.61. The predicted molar refractivity (Wildman–Crippen MR) is 126 cm³/mol. The van der Waals surface area contributed by atoms with E-state index < -0.39 is 10.8 Å². The zero-order valence-corrected chi connectivity index (χ0v) is 18.8. The molecular weight excluding hydrogens is 442 g/mol. The summed E-state index contributed by atoms with van der Waals surface area (Å²) < 4.78 is 10.5. The topological polar surface area (TPSA) is 114 Å². The molecule has 0 unspecified atom stereocenters. The average molecular weight is 464 g/mol. The van der Waals surface area contributed by atoms with Crippen LogP contribution in [-0.2, 0) is 11.2 Å². The van der Waals surface area contributed by atoms with E-state index in [1.807, 2.05) is 18.2 Å². The number of carbonyl (C=O) groups excluding carboxylic acids is 1. The summed E-state index contributed by atoms with van der Waals surface area (Å²) in [6.45, 7) is 0.333. The number of thiophene rings is 1. The fourth-order valence-electron chi connectivity index (χ4n) is 3.16. The minimum absolute atomic E-state index is 0.00305. The molecular formula is C24H21N3O5S. The molecule has 0 saturated carbocycles. The van der Waals surface area contributed by atoms with Crippen LogP contribution in [0, 0.1) is 21.4 Å². The number of nitrogens with zero attached hydrogens (tertiary/aromatic N) is 2. The fourth-order valence-corrected chi connectivity index (χ4v) is 4.14. The van der Waals surface area contributed by atoms with Gasteiger partial charge in [-0.3, -0.25) is 14.9 Å². The van der Waals surface area contributed by atoms with Crippen molar-refractivity contribution in [3.05, 3.63) is 80.7 Å². The molecule has 33 heavy (non-hydrogen) atoms. The summed E-state index contributed by atoms with van der Waals surface area (Å²) in [5.74, 6) is 0.737. The highest BCUT2D eigenvalue weighted by atomic mass is 32.1. The summed E-state index contributed by atoms with van der Waals surface area (Å²) in [4.78, 5) is 24.7. The Labute approximate surface area is 194 Å². The van der Waals surface area contributed by atoms with Crippen molar-refractivity contribution in [2.24, 2.45) is 0 Å². The second-order valence-electron chi connectivity index (χ2n) is 6.84. The summed E-state index contributed by atoms with van der Waals surface area (Å²) >= 11 is 1.27. The molecule has 0 aliphatic heterocycles. The molecule has 1 N–H and O–H groups in total. The first-order valence-electron chi connectivity index (χ1n) is 9.91. The number of nitro groups is 1. The van der Waals surface area contributed by atoms with Crippen molar-refractivity contribution in [2.45, 2.75) is 6.42 Å². The van der Waals surface area contributed by atoms with Crippen molar-refractivity contribution < 1.29 is 19.2 Å². The Morgan fingerprint density at radius 3 is 2.61 bits per heavy atom. The number of hydrogen-bond acceptors (Lipinski definition) is 7. The number of carbonyl (C=O) groups is 1. The van der Waals surface area contributed by atoms with E-state index in [9.17, 15) is 20.2 Å². The maximum absolute atomic E-state index is 12.5. The van der Waals surface area contributed by atoms with Gasteiger partial charge in [-0.15, -0.1) is 11.3 Å². The van der Waals surface area contributed by atoms with Crippen molar-refractivity contribution in [3.8, 4) is 28.0 Å². The van der Waals surface area contributed by atoms with Gasteiger partial charge in [0, 0.05) is 22.4 Å². The van der Waals surface area contributed by atoms with E-state index in [1.54, 1.807) is 50.6 Å². The maximum Gasteiger partial charge on any atom is 0.278 e. The highest BCUT2D eigenvalue weighted by Crippen LogP contribution is 2.35. The molecule has 1 heterocycles. The third-order valence-electron chi connectivity index (χ3n) is 4.79. The smallest absolute Gasteiger partial charge is 0.278 e. The quantitative estimate of drug-likeness (QED) is 0.215. The van der Waals surface area contributed by atoms with Gasteiger partial charge >= 0.3 is 0 Å². The molecule has 2 aromatic carbocycles. The van der Waals surface area contributed by atoms with Gasteiger partial charge in [0.05, 0.1) is 24.7 Å². The number of nitrogens with one attached hydrogen (secondary N) is 1. The molecule has 8 nitrogen and oxygen atoms in total. The van der Waals surface area contributed by atoms with E-state index in [4.69, 9.17) is 9.47 Å². The number of para-hydroxylation sites is 1. The van der Waals surface area contributed by atoms with Crippen molar-refractivity contribution in [1.29, 1.82) is 5.26 Å². The van der Waals surface area contributed by atoms with Gasteiger partial charge in [-0.25, -0.2) is 0 Å². The Morgan fingerprint density at radius 2 is 1.91 bits per heavy atom. The summed E-state index contributed by atoms with van der Waals surface area (Å²) in [6, 6.07) is 17.3. The number of ether oxygens (including phenoxy) is 2. The first-order valence-corrected chi connectivity index (χ1v) is 10.7. The molecule has 0 saturated heterocycles. The highest BCUT2D eigenvalue weighted by Gasteiger charge is 2.16.